The van der Waals surface area contributed by atoms with Crippen LogP contribution in [0, 0.1) is 13.8 Å². The fourth-order valence-electron chi connectivity index (χ4n) is 4.21. The van der Waals surface area contributed by atoms with Crippen molar-refractivity contribution in [1.82, 2.24) is 24.5 Å². The molecule has 0 bridgehead atoms. The number of amides is 1. The molecule has 0 atom stereocenters. The summed E-state index contributed by atoms with van der Waals surface area (Å²) in [5.41, 5.74) is 6.11. The minimum atomic E-state index is 0.207. The standard InChI is InChI=1S/C24H25N5O/c1-16-20(17(2)29-24(26-16)21-5-3-4-6-22(21)27-29)9-10-23(30)28(19-7-8-19)15-18-11-13-25-14-12-18/h3-6,11-14,19H,7-10,15H2,1-2H3. The van der Waals surface area contributed by atoms with Crippen LogP contribution in [-0.2, 0) is 17.8 Å². The van der Waals surface area contributed by atoms with E-state index >= 15 is 0 Å². The van der Waals surface area contributed by atoms with Crippen molar-refractivity contribution in [2.24, 2.45) is 0 Å². The summed E-state index contributed by atoms with van der Waals surface area (Å²) in [5, 5.41) is 5.78. The first kappa shape index (κ1) is 18.7. The SMILES string of the molecule is Cc1nc2c3ccccc3nn2c(C)c1CCC(=O)N(Cc1ccncc1)C1CC1. The Labute approximate surface area is 175 Å². The van der Waals surface area contributed by atoms with Gasteiger partial charge in [0.1, 0.15) is 0 Å². The van der Waals surface area contributed by atoms with Gasteiger partial charge in [0.2, 0.25) is 5.91 Å². The van der Waals surface area contributed by atoms with E-state index in [-0.39, 0.29) is 5.91 Å². The van der Waals surface area contributed by atoms with E-state index in [9.17, 15) is 4.79 Å². The fourth-order valence-corrected chi connectivity index (χ4v) is 4.21. The van der Waals surface area contributed by atoms with Crippen LogP contribution in [0.4, 0.5) is 0 Å². The Morgan fingerprint density at radius 1 is 1.13 bits per heavy atom. The third-order valence-electron chi connectivity index (χ3n) is 6.02. The molecule has 0 aliphatic heterocycles. The summed E-state index contributed by atoms with van der Waals surface area (Å²) < 4.78 is 1.92. The van der Waals surface area contributed by atoms with Gasteiger partial charge in [-0.3, -0.25) is 9.78 Å². The zero-order chi connectivity index (χ0) is 20.7. The molecule has 1 aromatic carbocycles. The van der Waals surface area contributed by atoms with Crippen molar-refractivity contribution in [3.63, 3.8) is 0 Å². The lowest BCUT2D eigenvalue weighted by Gasteiger charge is -2.23. The van der Waals surface area contributed by atoms with Gasteiger partial charge in [0, 0.05) is 48.2 Å². The Balaban J connectivity index is 1.38. The molecule has 1 aliphatic carbocycles. The molecule has 0 unspecified atom stereocenters. The molecule has 30 heavy (non-hydrogen) atoms. The van der Waals surface area contributed by atoms with Crippen LogP contribution in [0.3, 0.4) is 0 Å². The van der Waals surface area contributed by atoms with E-state index in [1.165, 1.54) is 0 Å². The highest BCUT2D eigenvalue weighted by Gasteiger charge is 2.32. The van der Waals surface area contributed by atoms with Gasteiger partial charge in [0.15, 0.2) is 5.65 Å². The topological polar surface area (TPSA) is 63.4 Å². The number of benzene rings is 1. The second-order valence-electron chi connectivity index (χ2n) is 8.12. The number of nitrogens with zero attached hydrogens (tertiary/aromatic N) is 5. The maximum Gasteiger partial charge on any atom is 0.223 e. The van der Waals surface area contributed by atoms with Crippen molar-refractivity contribution in [3.8, 4) is 0 Å². The molecule has 5 rings (SSSR count). The van der Waals surface area contributed by atoms with Gasteiger partial charge < -0.3 is 4.90 Å². The van der Waals surface area contributed by atoms with Crippen molar-refractivity contribution in [2.75, 3.05) is 0 Å². The Hall–Kier alpha value is -3.28. The summed E-state index contributed by atoms with van der Waals surface area (Å²) in [6.45, 7) is 4.76. The molecule has 0 N–H and O–H groups in total. The quantitative estimate of drug-likeness (QED) is 0.491. The molecule has 3 heterocycles. The number of carbonyl (C=O) groups excluding carboxylic acids is 1. The van der Waals surface area contributed by atoms with Gasteiger partial charge in [0.25, 0.3) is 0 Å². The average Bonchev–Trinajstić information content (AvgIpc) is 3.53. The third-order valence-corrected chi connectivity index (χ3v) is 6.02. The van der Waals surface area contributed by atoms with E-state index in [1.807, 2.05) is 46.7 Å². The Morgan fingerprint density at radius 3 is 2.67 bits per heavy atom. The molecule has 152 valence electrons. The van der Waals surface area contributed by atoms with Gasteiger partial charge in [-0.05, 0) is 68.5 Å². The van der Waals surface area contributed by atoms with Crippen molar-refractivity contribution in [3.05, 3.63) is 71.3 Å². The average molecular weight is 399 g/mol. The fraction of sp³-hybridized carbons (Fsp3) is 0.333. The van der Waals surface area contributed by atoms with Crippen LogP contribution < -0.4 is 0 Å². The molecule has 6 nitrogen and oxygen atoms in total. The maximum atomic E-state index is 13.1. The lowest BCUT2D eigenvalue weighted by Crippen LogP contribution is -2.32. The first-order chi connectivity index (χ1) is 14.6. The summed E-state index contributed by atoms with van der Waals surface area (Å²) in [5.74, 6) is 0.207. The second-order valence-corrected chi connectivity index (χ2v) is 8.12. The van der Waals surface area contributed by atoms with E-state index in [4.69, 9.17) is 10.1 Å². The minimum Gasteiger partial charge on any atom is -0.335 e. The number of pyridine rings is 1. The zero-order valence-corrected chi connectivity index (χ0v) is 17.4. The lowest BCUT2D eigenvalue weighted by atomic mass is 10.1. The number of hydrogen-bond acceptors (Lipinski definition) is 4. The largest absolute Gasteiger partial charge is 0.335 e. The number of aryl methyl sites for hydroxylation is 2. The molecule has 1 amide bonds. The van der Waals surface area contributed by atoms with E-state index in [0.717, 1.165) is 51.9 Å². The second kappa shape index (κ2) is 7.52. The predicted octanol–water partition coefficient (Wildman–Crippen LogP) is 4.02. The van der Waals surface area contributed by atoms with Gasteiger partial charge in [-0.2, -0.15) is 5.10 Å². The molecule has 6 heteroatoms. The summed E-state index contributed by atoms with van der Waals surface area (Å²) in [6, 6.07) is 12.4. The highest BCUT2D eigenvalue weighted by atomic mass is 16.2. The highest BCUT2D eigenvalue weighted by molar-refractivity contribution is 5.92. The van der Waals surface area contributed by atoms with Crippen molar-refractivity contribution in [1.29, 1.82) is 0 Å². The lowest BCUT2D eigenvalue weighted by molar-refractivity contribution is -0.132. The molecule has 1 aliphatic rings. The molecule has 3 aromatic heterocycles. The smallest absolute Gasteiger partial charge is 0.223 e. The summed E-state index contributed by atoms with van der Waals surface area (Å²) >= 11 is 0. The molecule has 0 spiro atoms. The van der Waals surface area contributed by atoms with Gasteiger partial charge in [-0.25, -0.2) is 9.50 Å². The van der Waals surface area contributed by atoms with E-state index in [1.54, 1.807) is 12.4 Å². The first-order valence-corrected chi connectivity index (χ1v) is 10.5. The summed E-state index contributed by atoms with van der Waals surface area (Å²) in [6.07, 6.45) is 6.93. The van der Waals surface area contributed by atoms with Crippen LogP contribution in [0.15, 0.2) is 48.8 Å². The molecule has 1 fully saturated rings. The first-order valence-electron chi connectivity index (χ1n) is 10.5. The van der Waals surface area contributed by atoms with Gasteiger partial charge in [-0.1, -0.05) is 12.1 Å². The van der Waals surface area contributed by atoms with Crippen molar-refractivity contribution >= 4 is 22.5 Å². The molecular formula is C24H25N5O. The maximum absolute atomic E-state index is 13.1. The monoisotopic (exact) mass is 399 g/mol. The van der Waals surface area contributed by atoms with Crippen LogP contribution in [0.2, 0.25) is 0 Å². The van der Waals surface area contributed by atoms with Gasteiger partial charge in [0.05, 0.1) is 5.52 Å². The zero-order valence-electron chi connectivity index (χ0n) is 17.4. The molecule has 4 aromatic rings. The van der Waals surface area contributed by atoms with E-state index in [2.05, 4.69) is 18.0 Å². The number of aromatic nitrogens is 4. The number of hydrogen-bond donors (Lipinski definition) is 0. The molecule has 0 radical (unpaired) electrons. The molecule has 0 saturated heterocycles. The van der Waals surface area contributed by atoms with Crippen LogP contribution in [-0.4, -0.2) is 36.4 Å². The number of fused-ring (bicyclic) bond motifs is 3. The van der Waals surface area contributed by atoms with Crippen LogP contribution in [0.25, 0.3) is 16.6 Å². The highest BCUT2D eigenvalue weighted by Crippen LogP contribution is 2.29. The number of rotatable bonds is 6. The van der Waals surface area contributed by atoms with Crippen molar-refractivity contribution in [2.45, 2.75) is 52.1 Å². The number of carbonyl (C=O) groups is 1. The van der Waals surface area contributed by atoms with E-state index in [0.29, 0.717) is 25.4 Å². The van der Waals surface area contributed by atoms with Crippen LogP contribution in [0.1, 0.15) is 41.8 Å². The van der Waals surface area contributed by atoms with E-state index < -0.39 is 0 Å². The van der Waals surface area contributed by atoms with Crippen LogP contribution in [0.5, 0.6) is 0 Å². The minimum absolute atomic E-state index is 0.207. The van der Waals surface area contributed by atoms with Gasteiger partial charge >= 0.3 is 0 Å². The molecular weight excluding hydrogens is 374 g/mol. The third kappa shape index (κ3) is 3.43. The Kier molecular flexibility index (Phi) is 4.69. The van der Waals surface area contributed by atoms with Crippen molar-refractivity contribution < 1.29 is 4.79 Å². The Bertz CT molecular complexity index is 1230. The Morgan fingerprint density at radius 2 is 1.90 bits per heavy atom. The predicted molar refractivity (Wildman–Crippen MR) is 116 cm³/mol. The van der Waals surface area contributed by atoms with Crippen LogP contribution >= 0.6 is 0 Å². The summed E-state index contributed by atoms with van der Waals surface area (Å²) in [7, 11) is 0. The summed E-state index contributed by atoms with van der Waals surface area (Å²) in [4.78, 5) is 24.0. The normalized spacial score (nSPS) is 13.8. The van der Waals surface area contributed by atoms with Gasteiger partial charge in [-0.15, -0.1) is 0 Å². The molecule has 1 saturated carbocycles.